The highest BCUT2D eigenvalue weighted by Gasteiger charge is 2.29. The molecule has 2 N–H and O–H groups in total. The van der Waals surface area contributed by atoms with Crippen molar-refractivity contribution in [2.24, 2.45) is 11.7 Å². The van der Waals surface area contributed by atoms with Crippen molar-refractivity contribution >= 4 is 26.0 Å². The largest absolute Gasteiger partial charge is 0.330 e. The Morgan fingerprint density at radius 1 is 1.44 bits per heavy atom. The second kappa shape index (κ2) is 5.69. The molecule has 0 aliphatic carbocycles. The van der Waals surface area contributed by atoms with Crippen LogP contribution in [0.1, 0.15) is 12.8 Å². The fraction of sp³-hybridized carbons (Fsp3) is 0.500. The molecule has 1 atom stereocenters. The number of halogens is 1. The van der Waals surface area contributed by atoms with Crippen molar-refractivity contribution in [2.75, 3.05) is 19.6 Å². The van der Waals surface area contributed by atoms with Gasteiger partial charge >= 0.3 is 0 Å². The van der Waals surface area contributed by atoms with Crippen molar-refractivity contribution in [3.63, 3.8) is 0 Å². The summed E-state index contributed by atoms with van der Waals surface area (Å²) in [5.41, 5.74) is 5.64. The normalized spacial score (nSPS) is 22.0. The third kappa shape index (κ3) is 2.93. The number of piperidine rings is 1. The van der Waals surface area contributed by atoms with E-state index in [4.69, 9.17) is 5.73 Å². The molecule has 1 aromatic carbocycles. The van der Waals surface area contributed by atoms with Crippen molar-refractivity contribution in [1.82, 2.24) is 4.31 Å². The summed E-state index contributed by atoms with van der Waals surface area (Å²) in [7, 11) is -3.38. The summed E-state index contributed by atoms with van der Waals surface area (Å²) in [6.07, 6.45) is 1.90. The number of hydrogen-bond acceptors (Lipinski definition) is 3. The quantitative estimate of drug-likeness (QED) is 0.918. The third-order valence-electron chi connectivity index (χ3n) is 3.25. The average Bonchev–Trinajstić information content (AvgIpc) is 2.39. The van der Waals surface area contributed by atoms with Gasteiger partial charge < -0.3 is 5.73 Å². The van der Waals surface area contributed by atoms with Crippen LogP contribution in [0.3, 0.4) is 0 Å². The van der Waals surface area contributed by atoms with Gasteiger partial charge in [-0.3, -0.25) is 0 Å². The summed E-state index contributed by atoms with van der Waals surface area (Å²) >= 11 is 3.30. The first-order chi connectivity index (χ1) is 8.54. The molecule has 1 aliphatic heterocycles. The highest BCUT2D eigenvalue weighted by atomic mass is 79.9. The molecule has 6 heteroatoms. The predicted octanol–water partition coefficient (Wildman–Crippen LogP) is 1.81. The van der Waals surface area contributed by atoms with Crippen LogP contribution in [-0.4, -0.2) is 32.4 Å². The minimum atomic E-state index is -3.38. The lowest BCUT2D eigenvalue weighted by Gasteiger charge is -2.31. The molecular weight excluding hydrogens is 316 g/mol. The maximum Gasteiger partial charge on any atom is 0.243 e. The molecule has 1 aromatic rings. The van der Waals surface area contributed by atoms with Gasteiger partial charge in [-0.05, 0) is 43.5 Å². The molecule has 0 bridgehead atoms. The van der Waals surface area contributed by atoms with Crippen LogP contribution in [0.25, 0.3) is 0 Å². The third-order valence-corrected chi connectivity index (χ3v) is 5.60. The molecule has 0 aromatic heterocycles. The van der Waals surface area contributed by atoms with Crippen LogP contribution in [0.15, 0.2) is 33.6 Å². The van der Waals surface area contributed by atoms with E-state index in [2.05, 4.69) is 15.9 Å². The van der Waals surface area contributed by atoms with Crippen molar-refractivity contribution in [3.8, 4) is 0 Å². The van der Waals surface area contributed by atoms with Gasteiger partial charge in [-0.25, -0.2) is 8.42 Å². The van der Waals surface area contributed by atoms with E-state index in [-0.39, 0.29) is 5.92 Å². The van der Waals surface area contributed by atoms with Crippen LogP contribution < -0.4 is 5.73 Å². The highest BCUT2D eigenvalue weighted by Crippen LogP contribution is 2.24. The van der Waals surface area contributed by atoms with Crippen molar-refractivity contribution in [1.29, 1.82) is 0 Å². The first kappa shape index (κ1) is 14.0. The second-order valence-corrected chi connectivity index (χ2v) is 7.42. The maximum atomic E-state index is 12.5. The zero-order chi connectivity index (χ0) is 13.2. The molecule has 0 amide bonds. The van der Waals surface area contributed by atoms with E-state index in [1.807, 2.05) is 6.07 Å². The molecule has 4 nitrogen and oxygen atoms in total. The standard InChI is InChI=1S/C12H17BrN2O2S/c13-11-4-1-5-12(7-11)18(16,17)15-6-2-3-10(8-14)9-15/h1,4-5,7,10H,2-3,6,8-9,14H2/t10-/m1/s1. The van der Waals surface area contributed by atoms with Gasteiger partial charge in [0.25, 0.3) is 0 Å². The van der Waals surface area contributed by atoms with Crippen molar-refractivity contribution < 1.29 is 8.42 Å². The van der Waals surface area contributed by atoms with Gasteiger partial charge in [-0.2, -0.15) is 4.31 Å². The summed E-state index contributed by atoms with van der Waals surface area (Å²) in [6, 6.07) is 6.83. The van der Waals surface area contributed by atoms with Gasteiger partial charge in [0.15, 0.2) is 0 Å². The lowest BCUT2D eigenvalue weighted by atomic mass is 10.0. The molecule has 1 aliphatic rings. The summed E-state index contributed by atoms with van der Waals surface area (Å²) in [5, 5.41) is 0. The number of rotatable bonds is 3. The van der Waals surface area contributed by atoms with E-state index in [0.717, 1.165) is 17.3 Å². The van der Waals surface area contributed by atoms with Gasteiger partial charge in [0, 0.05) is 17.6 Å². The first-order valence-corrected chi connectivity index (χ1v) is 8.23. The van der Waals surface area contributed by atoms with E-state index in [0.29, 0.717) is 24.5 Å². The number of hydrogen-bond donors (Lipinski definition) is 1. The zero-order valence-corrected chi connectivity index (χ0v) is 12.5. The smallest absolute Gasteiger partial charge is 0.243 e. The number of benzene rings is 1. The number of nitrogens with zero attached hydrogens (tertiary/aromatic N) is 1. The second-order valence-electron chi connectivity index (χ2n) is 4.56. The van der Waals surface area contributed by atoms with E-state index in [9.17, 15) is 8.42 Å². The average molecular weight is 333 g/mol. The summed E-state index contributed by atoms with van der Waals surface area (Å²) in [4.78, 5) is 0.342. The van der Waals surface area contributed by atoms with Crippen molar-refractivity contribution in [3.05, 3.63) is 28.7 Å². The summed E-state index contributed by atoms with van der Waals surface area (Å²) in [5.74, 6) is 0.278. The highest BCUT2D eigenvalue weighted by molar-refractivity contribution is 9.10. The molecule has 1 heterocycles. The Kier molecular flexibility index (Phi) is 4.42. The minimum Gasteiger partial charge on any atom is -0.330 e. The Labute approximate surface area is 116 Å². The molecular formula is C12H17BrN2O2S. The van der Waals surface area contributed by atoms with E-state index in [1.54, 1.807) is 22.5 Å². The summed E-state index contributed by atoms with van der Waals surface area (Å²) < 4.78 is 27.3. The fourth-order valence-corrected chi connectivity index (χ4v) is 4.37. The Morgan fingerprint density at radius 2 is 2.22 bits per heavy atom. The Hall–Kier alpha value is -0.430. The van der Waals surface area contributed by atoms with Crippen LogP contribution in [-0.2, 0) is 10.0 Å². The Morgan fingerprint density at radius 3 is 2.89 bits per heavy atom. The van der Waals surface area contributed by atoms with E-state index >= 15 is 0 Å². The van der Waals surface area contributed by atoms with Crippen LogP contribution in [0.4, 0.5) is 0 Å². The topological polar surface area (TPSA) is 63.4 Å². The van der Waals surface area contributed by atoms with Crippen LogP contribution in [0.5, 0.6) is 0 Å². The van der Waals surface area contributed by atoms with Crippen LogP contribution >= 0.6 is 15.9 Å². The Bertz CT molecular complexity index is 519. The van der Waals surface area contributed by atoms with Gasteiger partial charge in [0.1, 0.15) is 0 Å². The van der Waals surface area contributed by atoms with Gasteiger partial charge in [0.05, 0.1) is 4.90 Å². The van der Waals surface area contributed by atoms with Gasteiger partial charge in [-0.1, -0.05) is 22.0 Å². The van der Waals surface area contributed by atoms with E-state index < -0.39 is 10.0 Å². The molecule has 18 heavy (non-hydrogen) atoms. The monoisotopic (exact) mass is 332 g/mol. The molecule has 1 fully saturated rings. The zero-order valence-electron chi connectivity index (χ0n) is 10.0. The predicted molar refractivity (Wildman–Crippen MR) is 74.7 cm³/mol. The maximum absolute atomic E-state index is 12.5. The lowest BCUT2D eigenvalue weighted by molar-refractivity contribution is 0.271. The number of sulfonamides is 1. The molecule has 0 unspecified atom stereocenters. The van der Waals surface area contributed by atoms with Gasteiger partial charge in [-0.15, -0.1) is 0 Å². The van der Waals surface area contributed by atoms with E-state index in [1.165, 1.54) is 0 Å². The molecule has 100 valence electrons. The summed E-state index contributed by atoms with van der Waals surface area (Å²) in [6.45, 7) is 1.67. The van der Waals surface area contributed by atoms with Crippen LogP contribution in [0.2, 0.25) is 0 Å². The molecule has 1 saturated heterocycles. The Balaban J connectivity index is 2.25. The fourth-order valence-electron chi connectivity index (χ4n) is 2.21. The molecule has 0 saturated carbocycles. The SMILES string of the molecule is NC[C@H]1CCCN(S(=O)(=O)c2cccc(Br)c2)C1. The molecule has 2 rings (SSSR count). The molecule has 0 radical (unpaired) electrons. The molecule has 0 spiro atoms. The number of nitrogens with two attached hydrogens (primary N) is 1. The lowest BCUT2D eigenvalue weighted by Crippen LogP contribution is -2.41. The van der Waals surface area contributed by atoms with Crippen molar-refractivity contribution in [2.45, 2.75) is 17.7 Å². The van der Waals surface area contributed by atoms with Crippen LogP contribution in [0, 0.1) is 5.92 Å². The van der Waals surface area contributed by atoms with Gasteiger partial charge in [0.2, 0.25) is 10.0 Å². The minimum absolute atomic E-state index is 0.278. The first-order valence-electron chi connectivity index (χ1n) is 6.00.